The summed E-state index contributed by atoms with van der Waals surface area (Å²) in [5, 5.41) is 12.4. The minimum absolute atomic E-state index is 0. The Balaban J connectivity index is -0.000000143. The highest BCUT2D eigenvalue weighted by atomic mass is 79.9. The molecule has 0 heterocycles. The maximum Gasteiger partial charge on any atom is 0.299 e. The van der Waals surface area contributed by atoms with Gasteiger partial charge in [-0.1, -0.05) is 25.6 Å². The van der Waals surface area contributed by atoms with Gasteiger partial charge in [-0.25, -0.2) is 0 Å². The van der Waals surface area contributed by atoms with Crippen molar-refractivity contribution in [1.29, 1.82) is 5.41 Å². The summed E-state index contributed by atoms with van der Waals surface area (Å²) in [6.07, 6.45) is 0. The fraction of sp³-hybridized carbons (Fsp3) is 0.667. The second-order valence-electron chi connectivity index (χ2n) is 1.63. The lowest BCUT2D eigenvalue weighted by Crippen LogP contribution is -2.43. The van der Waals surface area contributed by atoms with E-state index in [0.717, 1.165) is 11.5 Å². The van der Waals surface area contributed by atoms with Crippen LogP contribution >= 0.6 is 40.5 Å². The largest absolute Gasteiger partial charge is 0.379 e. The molecule has 7 N–H and O–H groups in total. The van der Waals surface area contributed by atoms with Gasteiger partial charge in [-0.2, -0.15) is 0 Å². The number of hydrogen-bond acceptors (Lipinski definition) is 3. The number of nitrogens with one attached hydrogen (secondary N) is 1. The van der Waals surface area contributed by atoms with Crippen LogP contribution in [-0.4, -0.2) is 21.8 Å². The molecular formula is C6H18BrN4S2+. The summed E-state index contributed by atoms with van der Waals surface area (Å²) >= 11 is 2.81. The molecule has 80 valence electrons. The van der Waals surface area contributed by atoms with Gasteiger partial charge in [-0.15, -0.1) is 17.0 Å². The summed E-state index contributed by atoms with van der Waals surface area (Å²) in [5.41, 5.74) is 10.0. The zero-order valence-electron chi connectivity index (χ0n) is 7.87. The molecule has 0 radical (unpaired) electrons. The molecule has 0 saturated carbocycles. The highest BCUT2D eigenvalue weighted by molar-refractivity contribution is 8.93. The summed E-state index contributed by atoms with van der Waals surface area (Å²) in [4.78, 5) is 0. The van der Waals surface area contributed by atoms with E-state index in [9.17, 15) is 0 Å². The van der Waals surface area contributed by atoms with Crippen LogP contribution in [0.4, 0.5) is 0 Å². The van der Waals surface area contributed by atoms with Crippen LogP contribution in [0.2, 0.25) is 0 Å². The Hall–Kier alpha value is 0.120. The third-order valence-corrected chi connectivity index (χ3v) is 1.83. The maximum absolute atomic E-state index is 6.64. The lowest BCUT2D eigenvalue weighted by Gasteiger charge is -1.85. The van der Waals surface area contributed by atoms with E-state index < -0.39 is 0 Å². The van der Waals surface area contributed by atoms with Gasteiger partial charge >= 0.3 is 0 Å². The van der Waals surface area contributed by atoms with Gasteiger partial charge in [0.1, 0.15) is 0 Å². The van der Waals surface area contributed by atoms with Crippen molar-refractivity contribution in [1.82, 2.24) is 0 Å². The predicted octanol–water partition coefficient (Wildman–Crippen LogP) is 0.0242. The van der Waals surface area contributed by atoms with Crippen molar-refractivity contribution in [3.8, 4) is 0 Å². The molecular weight excluding hydrogens is 272 g/mol. The number of rotatable bonds is 2. The molecule has 4 nitrogen and oxygen atoms in total. The van der Waals surface area contributed by atoms with E-state index in [0.29, 0.717) is 5.17 Å². The Morgan fingerprint density at radius 3 is 1.62 bits per heavy atom. The summed E-state index contributed by atoms with van der Waals surface area (Å²) in [6, 6.07) is 0. The fourth-order valence-corrected chi connectivity index (χ4v) is 0.967. The van der Waals surface area contributed by atoms with Crippen LogP contribution in [0.1, 0.15) is 13.8 Å². The first-order valence-corrected chi connectivity index (χ1v) is 5.49. The maximum atomic E-state index is 6.64. The Labute approximate surface area is 98.4 Å². The molecule has 0 unspecified atom stereocenters. The Kier molecular flexibility index (Phi) is 21.2. The summed E-state index contributed by atoms with van der Waals surface area (Å²) in [5.74, 6) is 1.86. The van der Waals surface area contributed by atoms with Crippen LogP contribution in [-0.2, 0) is 0 Å². The Morgan fingerprint density at radius 1 is 1.23 bits per heavy atom. The van der Waals surface area contributed by atoms with Crippen molar-refractivity contribution in [3.05, 3.63) is 0 Å². The van der Waals surface area contributed by atoms with Crippen LogP contribution in [0.25, 0.3) is 0 Å². The second kappa shape index (κ2) is 14.6. The third kappa shape index (κ3) is 33.1. The molecule has 0 atom stereocenters. The van der Waals surface area contributed by atoms with Gasteiger partial charge in [-0.3, -0.25) is 16.6 Å². The molecule has 0 aliphatic carbocycles. The van der Waals surface area contributed by atoms with Gasteiger partial charge in [0.15, 0.2) is 5.17 Å². The van der Waals surface area contributed by atoms with Gasteiger partial charge in [0.2, 0.25) is 0 Å². The Morgan fingerprint density at radius 2 is 1.62 bits per heavy atom. The van der Waals surface area contributed by atoms with Crippen molar-refractivity contribution in [3.63, 3.8) is 0 Å². The second-order valence-corrected chi connectivity index (χ2v) is 4.28. The molecule has 0 bridgehead atoms. The van der Waals surface area contributed by atoms with Crippen molar-refractivity contribution in [2.24, 2.45) is 11.5 Å². The summed E-state index contributed by atoms with van der Waals surface area (Å²) in [6.45, 7) is 3.97. The van der Waals surface area contributed by atoms with Crippen LogP contribution < -0.4 is 16.9 Å². The van der Waals surface area contributed by atoms with E-state index >= 15 is 0 Å². The first-order valence-electron chi connectivity index (χ1n) is 3.52. The number of amidine groups is 2. The number of thioether (sulfide) groups is 2. The molecule has 0 aliphatic heterocycles. The predicted molar refractivity (Wildman–Crippen MR) is 69.6 cm³/mol. The van der Waals surface area contributed by atoms with E-state index in [4.69, 9.17) is 22.3 Å². The van der Waals surface area contributed by atoms with Crippen molar-refractivity contribution in [2.75, 3.05) is 11.5 Å². The lowest BCUT2D eigenvalue weighted by molar-refractivity contribution is -0.110. The molecule has 0 aromatic carbocycles. The van der Waals surface area contributed by atoms with Gasteiger partial charge in [0, 0.05) is 5.75 Å². The molecule has 7 heteroatoms. The number of nitrogens with two attached hydrogens (primary N) is 3. The molecule has 0 rings (SSSR count). The van der Waals surface area contributed by atoms with E-state index in [2.05, 4.69) is 0 Å². The molecule has 0 aliphatic rings. The zero-order chi connectivity index (χ0) is 9.98. The normalized spacial score (nSPS) is 7.54. The SMILES string of the molecule is Br.CCSC(=N)N.CCSC(N)=[NH2+]. The van der Waals surface area contributed by atoms with Crippen LogP contribution in [0, 0.1) is 5.41 Å². The molecule has 0 amide bonds. The van der Waals surface area contributed by atoms with Crippen LogP contribution in [0.5, 0.6) is 0 Å². The molecule has 0 aromatic rings. The van der Waals surface area contributed by atoms with Gasteiger partial charge in [0.25, 0.3) is 5.17 Å². The van der Waals surface area contributed by atoms with Crippen molar-refractivity contribution >= 4 is 50.8 Å². The Bertz CT molecular complexity index is 127. The standard InChI is InChI=1S/2C3H8N2S.BrH/c2*1-2-6-3(4)5;/h2*2H2,1H3,(H3,4,5);1H/p+1. The average Bonchev–Trinajstić information content (AvgIpc) is 1.87. The van der Waals surface area contributed by atoms with Crippen LogP contribution in [0.15, 0.2) is 0 Å². The van der Waals surface area contributed by atoms with Crippen molar-refractivity contribution < 1.29 is 5.41 Å². The summed E-state index contributed by atoms with van der Waals surface area (Å²) in [7, 11) is 0. The van der Waals surface area contributed by atoms with Gasteiger partial charge in [-0.05, 0) is 17.5 Å². The average molecular weight is 290 g/mol. The molecule has 0 fully saturated rings. The lowest BCUT2D eigenvalue weighted by atomic mass is 11.0. The fourth-order valence-electron chi connectivity index (χ4n) is 0.322. The summed E-state index contributed by atoms with van der Waals surface area (Å²) < 4.78 is 0. The number of halogens is 1. The van der Waals surface area contributed by atoms with E-state index in [1.807, 2.05) is 13.8 Å². The molecule has 0 aromatic heterocycles. The van der Waals surface area contributed by atoms with Crippen LogP contribution in [0.3, 0.4) is 0 Å². The molecule has 0 saturated heterocycles. The monoisotopic (exact) mass is 289 g/mol. The van der Waals surface area contributed by atoms with Gasteiger partial charge in [0.05, 0.1) is 0 Å². The highest BCUT2D eigenvalue weighted by Gasteiger charge is 1.87. The van der Waals surface area contributed by atoms with E-state index in [1.165, 1.54) is 23.5 Å². The van der Waals surface area contributed by atoms with Crippen molar-refractivity contribution in [2.45, 2.75) is 13.8 Å². The van der Waals surface area contributed by atoms with Gasteiger partial charge < -0.3 is 5.73 Å². The molecule has 0 spiro atoms. The highest BCUT2D eigenvalue weighted by Crippen LogP contribution is 1.92. The zero-order valence-corrected chi connectivity index (χ0v) is 11.2. The first kappa shape index (κ1) is 18.8. The number of hydrogen-bond donors (Lipinski definition) is 4. The molecule has 13 heavy (non-hydrogen) atoms. The minimum atomic E-state index is 0. The topological polar surface area (TPSA) is 101 Å². The third-order valence-electron chi connectivity index (χ3n) is 0.611. The minimum Gasteiger partial charge on any atom is -0.379 e. The quantitative estimate of drug-likeness (QED) is 0.425. The first-order chi connectivity index (χ1) is 5.54. The smallest absolute Gasteiger partial charge is 0.299 e. The van der Waals surface area contributed by atoms with E-state index in [1.54, 1.807) is 0 Å². The van der Waals surface area contributed by atoms with E-state index in [-0.39, 0.29) is 22.1 Å².